The number of hydrogen-bond donors (Lipinski definition) is 4. The Kier molecular flexibility index (Phi) is 6.37. The zero-order chi connectivity index (χ0) is 22.1. The number of ether oxygens (including phenoxy) is 2. The van der Waals surface area contributed by atoms with Gasteiger partial charge in [0.05, 0.1) is 12.8 Å². The standard InChI is InChI=1S/C16H21N6O7P/c1-8(15(25)27-2)21-30(26)28-6-16(5-17)13(24)11(23)12(29-16)9-3-4-10-14(18)19-7-20-22(9)10/h3-4,7-8,11-13,23-24,30H,6H2,1-2H3,(H,21,26)(H2,18,19,20)/t8-,11-,12-,13-,16+/m0/s1. The predicted octanol–water partition coefficient (Wildman–Crippen LogP) is -1.08. The van der Waals surface area contributed by atoms with Gasteiger partial charge in [-0.2, -0.15) is 10.4 Å². The summed E-state index contributed by atoms with van der Waals surface area (Å²) in [6.45, 7) is 0.793. The van der Waals surface area contributed by atoms with Crippen LogP contribution in [0.5, 0.6) is 0 Å². The molecule has 14 heteroatoms. The van der Waals surface area contributed by atoms with Crippen molar-refractivity contribution in [2.24, 2.45) is 0 Å². The molecule has 0 radical (unpaired) electrons. The molecule has 0 bridgehead atoms. The van der Waals surface area contributed by atoms with Crippen molar-refractivity contribution in [1.82, 2.24) is 19.7 Å². The summed E-state index contributed by atoms with van der Waals surface area (Å²) in [6, 6.07) is 4.04. The van der Waals surface area contributed by atoms with Gasteiger partial charge in [0.15, 0.2) is 5.82 Å². The number of carbonyl (C=O) groups is 1. The second-order valence-corrected chi connectivity index (χ2v) is 7.79. The van der Waals surface area contributed by atoms with Gasteiger partial charge in [-0.05, 0) is 19.1 Å². The van der Waals surface area contributed by atoms with Crippen LogP contribution in [0.2, 0.25) is 0 Å². The number of aliphatic hydroxyl groups excluding tert-OH is 2. The third-order valence-corrected chi connectivity index (χ3v) is 5.82. The minimum absolute atomic E-state index is 0.198. The highest BCUT2D eigenvalue weighted by atomic mass is 31.1. The van der Waals surface area contributed by atoms with Gasteiger partial charge in [0, 0.05) is 0 Å². The van der Waals surface area contributed by atoms with Crippen molar-refractivity contribution in [1.29, 1.82) is 5.26 Å². The second kappa shape index (κ2) is 8.65. The van der Waals surface area contributed by atoms with Gasteiger partial charge in [-0.3, -0.25) is 9.36 Å². The fourth-order valence-electron chi connectivity index (χ4n) is 3.10. The van der Waals surface area contributed by atoms with Crippen molar-refractivity contribution in [3.8, 4) is 6.07 Å². The third-order valence-electron chi connectivity index (χ3n) is 4.75. The molecule has 0 spiro atoms. The Morgan fingerprint density at radius 2 is 2.30 bits per heavy atom. The predicted molar refractivity (Wildman–Crippen MR) is 101 cm³/mol. The summed E-state index contributed by atoms with van der Waals surface area (Å²) in [5, 5.41) is 37.1. The molecule has 1 aliphatic rings. The van der Waals surface area contributed by atoms with Crippen LogP contribution in [0.15, 0.2) is 18.5 Å². The Morgan fingerprint density at radius 3 is 2.97 bits per heavy atom. The average Bonchev–Trinajstić information content (AvgIpc) is 3.27. The van der Waals surface area contributed by atoms with Gasteiger partial charge in [0.25, 0.3) is 8.18 Å². The number of nitrogen functional groups attached to an aromatic ring is 1. The molecular weight excluding hydrogens is 419 g/mol. The van der Waals surface area contributed by atoms with Crippen LogP contribution >= 0.6 is 8.18 Å². The van der Waals surface area contributed by atoms with Gasteiger partial charge in [-0.1, -0.05) is 0 Å². The van der Waals surface area contributed by atoms with E-state index in [0.717, 1.165) is 0 Å². The Hall–Kier alpha value is -2.59. The second-order valence-electron chi connectivity index (χ2n) is 6.64. The maximum Gasteiger partial charge on any atom is 0.322 e. The fraction of sp³-hybridized carbons (Fsp3) is 0.500. The van der Waals surface area contributed by atoms with Crippen molar-refractivity contribution >= 4 is 25.5 Å². The lowest BCUT2D eigenvalue weighted by atomic mass is 9.96. The number of rotatable bonds is 7. The maximum atomic E-state index is 12.1. The summed E-state index contributed by atoms with van der Waals surface area (Å²) >= 11 is 0. The van der Waals surface area contributed by atoms with E-state index in [9.17, 15) is 24.8 Å². The number of methoxy groups -OCH3 is 1. The molecule has 13 nitrogen and oxygen atoms in total. The number of nitriles is 1. The molecule has 0 amide bonds. The number of aliphatic hydroxyl groups is 2. The summed E-state index contributed by atoms with van der Waals surface area (Å²) in [5.74, 6) is -0.454. The van der Waals surface area contributed by atoms with E-state index in [1.165, 1.54) is 24.9 Å². The fourth-order valence-corrected chi connectivity index (χ4v) is 4.00. The lowest BCUT2D eigenvalue weighted by Crippen LogP contribution is -2.45. The molecule has 0 saturated carbocycles. The molecule has 2 aromatic heterocycles. The Morgan fingerprint density at radius 1 is 1.57 bits per heavy atom. The average molecular weight is 440 g/mol. The van der Waals surface area contributed by atoms with E-state index in [2.05, 4.69) is 19.9 Å². The smallest absolute Gasteiger partial charge is 0.322 e. The van der Waals surface area contributed by atoms with Crippen molar-refractivity contribution in [3.63, 3.8) is 0 Å². The number of nitrogens with one attached hydrogen (secondary N) is 1. The molecule has 0 aromatic carbocycles. The molecule has 5 N–H and O–H groups in total. The molecule has 3 heterocycles. The van der Waals surface area contributed by atoms with Crippen LogP contribution in [0.1, 0.15) is 18.7 Å². The monoisotopic (exact) mass is 440 g/mol. The molecule has 6 atom stereocenters. The van der Waals surface area contributed by atoms with Crippen LogP contribution in [0.25, 0.3) is 5.52 Å². The zero-order valence-electron chi connectivity index (χ0n) is 16.1. The van der Waals surface area contributed by atoms with Crippen molar-refractivity contribution in [2.75, 3.05) is 19.5 Å². The van der Waals surface area contributed by atoms with Crippen LogP contribution in [0, 0.1) is 11.3 Å². The number of nitrogens with zero attached hydrogens (tertiary/aromatic N) is 4. The SMILES string of the molecule is COC(=O)[C@H](C)N[PH](=O)OC[C@@]1(C#N)O[C@@H](c2ccc3c(N)ncnn23)[C@H](O)[C@@H]1O. The number of hydrogen-bond acceptors (Lipinski definition) is 11. The quantitative estimate of drug-likeness (QED) is 0.301. The lowest BCUT2D eigenvalue weighted by molar-refractivity contribution is -0.142. The molecule has 1 aliphatic heterocycles. The minimum atomic E-state index is -3.00. The summed E-state index contributed by atoms with van der Waals surface area (Å²) in [7, 11) is -1.82. The summed E-state index contributed by atoms with van der Waals surface area (Å²) in [4.78, 5) is 15.3. The van der Waals surface area contributed by atoms with Crippen LogP contribution < -0.4 is 10.8 Å². The minimum Gasteiger partial charge on any atom is -0.468 e. The molecule has 1 unspecified atom stereocenters. The van der Waals surface area contributed by atoms with Gasteiger partial charge in [0.1, 0.15) is 48.9 Å². The molecule has 2 aromatic rings. The lowest BCUT2D eigenvalue weighted by Gasteiger charge is -2.24. The Bertz CT molecular complexity index is 1010. The van der Waals surface area contributed by atoms with Gasteiger partial charge in [0.2, 0.25) is 5.60 Å². The number of nitrogens with two attached hydrogens (primary N) is 1. The van der Waals surface area contributed by atoms with Gasteiger partial charge < -0.3 is 29.9 Å². The van der Waals surface area contributed by atoms with Crippen LogP contribution in [0.4, 0.5) is 5.82 Å². The Balaban J connectivity index is 1.78. The molecule has 1 saturated heterocycles. The third kappa shape index (κ3) is 3.89. The highest BCUT2D eigenvalue weighted by molar-refractivity contribution is 7.36. The topological polar surface area (TPSA) is 194 Å². The number of anilines is 1. The van der Waals surface area contributed by atoms with E-state index in [1.54, 1.807) is 18.2 Å². The van der Waals surface area contributed by atoms with Crippen molar-refractivity contribution < 1.29 is 33.6 Å². The maximum absolute atomic E-state index is 12.1. The first-order valence-electron chi connectivity index (χ1n) is 8.78. The van der Waals surface area contributed by atoms with Crippen LogP contribution in [0.3, 0.4) is 0 Å². The number of aromatic nitrogens is 3. The highest BCUT2D eigenvalue weighted by Gasteiger charge is 2.56. The van der Waals surface area contributed by atoms with E-state index >= 15 is 0 Å². The molecule has 162 valence electrons. The van der Waals surface area contributed by atoms with Crippen LogP contribution in [-0.4, -0.2) is 68.3 Å². The Labute approximate surface area is 171 Å². The first-order chi connectivity index (χ1) is 14.2. The van der Waals surface area contributed by atoms with Gasteiger partial charge in [-0.25, -0.2) is 14.6 Å². The van der Waals surface area contributed by atoms with E-state index in [4.69, 9.17) is 15.0 Å². The molecule has 1 fully saturated rings. The zero-order valence-corrected chi connectivity index (χ0v) is 17.1. The van der Waals surface area contributed by atoms with Gasteiger partial charge >= 0.3 is 5.97 Å². The number of fused-ring (bicyclic) bond motifs is 1. The van der Waals surface area contributed by atoms with E-state index in [-0.39, 0.29) is 5.82 Å². The largest absolute Gasteiger partial charge is 0.468 e. The molecule has 3 rings (SSSR count). The van der Waals surface area contributed by atoms with Crippen molar-refractivity contribution in [2.45, 2.75) is 36.9 Å². The summed E-state index contributed by atoms with van der Waals surface area (Å²) in [6.07, 6.45) is -3.12. The normalized spacial score (nSPS) is 28.2. The van der Waals surface area contributed by atoms with E-state index < -0.39 is 50.7 Å². The van der Waals surface area contributed by atoms with Crippen molar-refractivity contribution in [3.05, 3.63) is 24.2 Å². The summed E-state index contributed by atoms with van der Waals surface area (Å²) in [5.41, 5.74) is 4.56. The van der Waals surface area contributed by atoms with E-state index in [1.807, 2.05) is 0 Å². The number of esters is 1. The highest BCUT2D eigenvalue weighted by Crippen LogP contribution is 2.41. The van der Waals surface area contributed by atoms with Gasteiger partial charge in [-0.15, -0.1) is 0 Å². The first kappa shape index (κ1) is 22.1. The number of carbonyl (C=O) groups excluding carboxylic acids is 1. The molecule has 0 aliphatic carbocycles. The first-order valence-corrected chi connectivity index (χ1v) is 10.1. The summed E-state index contributed by atoms with van der Waals surface area (Å²) < 4.78 is 28.8. The molecular formula is C16H21N6O7P. The molecule has 30 heavy (non-hydrogen) atoms. The van der Waals surface area contributed by atoms with E-state index in [0.29, 0.717) is 11.2 Å². The van der Waals surface area contributed by atoms with Crippen LogP contribution in [-0.2, 0) is 23.4 Å².